The Hall–Kier alpha value is -4.13. The van der Waals surface area contributed by atoms with E-state index in [2.05, 4.69) is 10.3 Å². The number of hydrogen-bond acceptors (Lipinski definition) is 5. The number of benzene rings is 4. The number of ether oxygens (including phenoxy) is 2. The second kappa shape index (κ2) is 12.0. The van der Waals surface area contributed by atoms with Gasteiger partial charge in [-0.2, -0.15) is 0 Å². The molecular weight excluding hydrogens is 569 g/mol. The van der Waals surface area contributed by atoms with Gasteiger partial charge < -0.3 is 9.47 Å². The summed E-state index contributed by atoms with van der Waals surface area (Å²) in [5, 5.41) is 10.2. The van der Waals surface area contributed by atoms with Crippen LogP contribution in [0.2, 0.25) is 10.0 Å². The van der Waals surface area contributed by atoms with Gasteiger partial charge >= 0.3 is 5.97 Å². The van der Waals surface area contributed by atoms with E-state index in [9.17, 15) is 4.79 Å². The summed E-state index contributed by atoms with van der Waals surface area (Å²) in [7, 11) is 0. The summed E-state index contributed by atoms with van der Waals surface area (Å²) in [6.07, 6.45) is 1.85. The van der Waals surface area contributed by atoms with Gasteiger partial charge in [0.15, 0.2) is 0 Å². The fraction of sp³-hybridized carbons (Fsp3) is 0.206. The molecule has 212 valence electrons. The zero-order valence-corrected chi connectivity index (χ0v) is 24.6. The van der Waals surface area contributed by atoms with Crippen molar-refractivity contribution in [2.75, 3.05) is 6.61 Å². The number of carbonyl (C=O) groups is 1. The predicted molar refractivity (Wildman–Crippen MR) is 163 cm³/mol. The second-order valence-electron chi connectivity index (χ2n) is 10.2. The highest BCUT2D eigenvalue weighted by molar-refractivity contribution is 6.42. The maximum absolute atomic E-state index is 13.8. The average Bonchev–Trinajstić information content (AvgIpc) is 3.44. The van der Waals surface area contributed by atoms with Gasteiger partial charge in [-0.25, -0.2) is 9.48 Å². The maximum atomic E-state index is 13.8. The first kappa shape index (κ1) is 28.0. The minimum absolute atomic E-state index is 0.133. The quantitative estimate of drug-likeness (QED) is 0.136. The largest absolute Gasteiger partial charge is 0.471 e. The topological polar surface area (TPSA) is 66.2 Å². The van der Waals surface area contributed by atoms with Crippen LogP contribution in [0.3, 0.4) is 0 Å². The van der Waals surface area contributed by atoms with E-state index in [0.717, 1.165) is 40.7 Å². The molecule has 0 bridgehead atoms. The fourth-order valence-corrected chi connectivity index (χ4v) is 6.21. The number of fused-ring (bicyclic) bond motifs is 1. The molecule has 1 aliphatic carbocycles. The molecule has 1 atom stereocenters. The summed E-state index contributed by atoms with van der Waals surface area (Å²) in [4.78, 5) is 13.8. The molecule has 0 spiro atoms. The van der Waals surface area contributed by atoms with Gasteiger partial charge in [0.1, 0.15) is 11.6 Å². The van der Waals surface area contributed by atoms with E-state index in [0.29, 0.717) is 16.5 Å². The van der Waals surface area contributed by atoms with Crippen LogP contribution < -0.4 is 4.74 Å². The molecular formula is C34H29Cl2N3O3. The van der Waals surface area contributed by atoms with Crippen LogP contribution in [0, 0.1) is 0 Å². The third kappa shape index (κ3) is 5.06. The van der Waals surface area contributed by atoms with E-state index in [1.165, 1.54) is 0 Å². The number of carbonyl (C=O) groups excluding carboxylic acids is 1. The summed E-state index contributed by atoms with van der Waals surface area (Å²) >= 11 is 12.6. The molecule has 1 heterocycles. The third-order valence-corrected chi connectivity index (χ3v) is 8.43. The highest BCUT2D eigenvalue weighted by atomic mass is 35.5. The lowest BCUT2D eigenvalue weighted by molar-refractivity contribution is 0.0498. The van der Waals surface area contributed by atoms with Crippen molar-refractivity contribution in [1.82, 2.24) is 15.0 Å². The van der Waals surface area contributed by atoms with Crippen molar-refractivity contribution in [1.29, 1.82) is 0 Å². The number of aryl methyl sites for hydroxylation is 1. The summed E-state index contributed by atoms with van der Waals surface area (Å²) in [5.74, 6) is -0.426. The van der Waals surface area contributed by atoms with Gasteiger partial charge in [0.2, 0.25) is 5.69 Å². The lowest BCUT2D eigenvalue weighted by atomic mass is 9.77. The summed E-state index contributed by atoms with van der Waals surface area (Å²) in [6.45, 7) is 1.97. The Morgan fingerprint density at radius 1 is 0.857 bits per heavy atom. The first-order chi connectivity index (χ1) is 20.5. The SMILES string of the molecule is CCOC(=O)c1c(OC2CCc3cc(Cl)c(Cl)cc3C2)nnn1C(c1ccccc1)(c1ccccc1)c1ccccc1. The Labute approximate surface area is 254 Å². The van der Waals surface area contributed by atoms with Crippen LogP contribution in [0.1, 0.15) is 51.7 Å². The van der Waals surface area contributed by atoms with Crippen LogP contribution in [0.5, 0.6) is 5.88 Å². The molecule has 0 amide bonds. The monoisotopic (exact) mass is 597 g/mol. The van der Waals surface area contributed by atoms with Gasteiger partial charge in [-0.1, -0.05) is 125 Å². The Morgan fingerprint density at radius 2 is 1.38 bits per heavy atom. The van der Waals surface area contributed by atoms with Crippen LogP contribution in [0.15, 0.2) is 103 Å². The highest BCUT2D eigenvalue weighted by Gasteiger charge is 2.44. The van der Waals surface area contributed by atoms with Gasteiger partial charge in [-0.15, -0.1) is 0 Å². The molecule has 1 aliphatic rings. The molecule has 42 heavy (non-hydrogen) atoms. The van der Waals surface area contributed by atoms with Crippen LogP contribution >= 0.6 is 23.2 Å². The number of halogens is 2. The van der Waals surface area contributed by atoms with E-state index in [4.69, 9.17) is 32.7 Å². The van der Waals surface area contributed by atoms with Crippen molar-refractivity contribution in [2.24, 2.45) is 0 Å². The Morgan fingerprint density at radius 3 is 1.90 bits per heavy atom. The number of nitrogens with zero attached hydrogens (tertiary/aromatic N) is 3. The molecule has 1 aromatic heterocycles. The number of rotatable bonds is 8. The van der Waals surface area contributed by atoms with Crippen molar-refractivity contribution in [2.45, 2.75) is 37.8 Å². The summed E-state index contributed by atoms with van der Waals surface area (Å²) in [5.41, 5.74) is 4.03. The normalized spacial score (nSPS) is 14.7. The van der Waals surface area contributed by atoms with E-state index in [1.54, 1.807) is 11.6 Å². The fourth-order valence-electron chi connectivity index (χ4n) is 5.83. The molecule has 5 aromatic rings. The Kier molecular flexibility index (Phi) is 8.00. The van der Waals surface area contributed by atoms with Crippen molar-refractivity contribution in [3.8, 4) is 5.88 Å². The van der Waals surface area contributed by atoms with Gasteiger partial charge in [0, 0.05) is 6.42 Å². The van der Waals surface area contributed by atoms with E-state index in [1.807, 2.05) is 103 Å². The minimum Gasteiger partial charge on any atom is -0.471 e. The number of hydrogen-bond donors (Lipinski definition) is 0. The second-order valence-corrected chi connectivity index (χ2v) is 11.0. The summed E-state index contributed by atoms with van der Waals surface area (Å²) < 4.78 is 13.7. The molecule has 0 saturated heterocycles. The number of esters is 1. The first-order valence-electron chi connectivity index (χ1n) is 14.0. The zero-order chi connectivity index (χ0) is 29.1. The summed E-state index contributed by atoms with van der Waals surface area (Å²) in [6, 6.07) is 33.8. The minimum atomic E-state index is -1.05. The maximum Gasteiger partial charge on any atom is 0.362 e. The Balaban J connectivity index is 1.53. The number of aromatic nitrogens is 3. The highest BCUT2D eigenvalue weighted by Crippen LogP contribution is 2.42. The van der Waals surface area contributed by atoms with Crippen molar-refractivity contribution in [3.63, 3.8) is 0 Å². The van der Waals surface area contributed by atoms with Crippen molar-refractivity contribution in [3.05, 3.63) is 147 Å². The van der Waals surface area contributed by atoms with Gasteiger partial charge in [-0.3, -0.25) is 0 Å². The Bertz CT molecular complexity index is 1600. The third-order valence-electron chi connectivity index (χ3n) is 7.70. The standard InChI is InChI=1S/C34H29Cl2N3O3/c1-2-41-33(40)31-32(42-28-19-18-23-21-29(35)30(36)22-24(23)20-28)37-38-39(31)34(25-12-6-3-7-13-25,26-14-8-4-9-15-26)27-16-10-5-11-17-27/h3-17,21-22,28H,2,18-20H2,1H3. The zero-order valence-electron chi connectivity index (χ0n) is 23.0. The van der Waals surface area contributed by atoms with Gasteiger partial charge in [0.25, 0.3) is 5.88 Å². The molecule has 0 N–H and O–H groups in total. The van der Waals surface area contributed by atoms with Crippen molar-refractivity contribution >= 4 is 29.2 Å². The van der Waals surface area contributed by atoms with Crippen LogP contribution in [-0.4, -0.2) is 33.7 Å². The smallest absolute Gasteiger partial charge is 0.362 e. The average molecular weight is 599 g/mol. The van der Waals surface area contributed by atoms with Gasteiger partial charge in [-0.05, 0) is 59.7 Å². The molecule has 0 saturated carbocycles. The lowest BCUT2D eigenvalue weighted by Crippen LogP contribution is -2.41. The molecule has 6 nitrogen and oxygen atoms in total. The first-order valence-corrected chi connectivity index (χ1v) is 14.7. The van der Waals surface area contributed by atoms with Crippen LogP contribution in [-0.2, 0) is 23.1 Å². The molecule has 0 radical (unpaired) electrons. The van der Waals surface area contributed by atoms with E-state index < -0.39 is 11.5 Å². The molecule has 0 aliphatic heterocycles. The van der Waals surface area contributed by atoms with E-state index in [-0.39, 0.29) is 24.3 Å². The van der Waals surface area contributed by atoms with Crippen molar-refractivity contribution < 1.29 is 14.3 Å². The molecule has 0 fully saturated rings. The molecule has 6 rings (SSSR count). The lowest BCUT2D eigenvalue weighted by Gasteiger charge is -2.36. The molecule has 4 aromatic carbocycles. The van der Waals surface area contributed by atoms with E-state index >= 15 is 0 Å². The van der Waals surface area contributed by atoms with Crippen LogP contribution in [0.4, 0.5) is 0 Å². The van der Waals surface area contributed by atoms with Crippen LogP contribution in [0.25, 0.3) is 0 Å². The molecule has 1 unspecified atom stereocenters. The molecule has 8 heteroatoms. The van der Waals surface area contributed by atoms with Gasteiger partial charge in [0.05, 0.1) is 16.7 Å². The predicted octanol–water partition coefficient (Wildman–Crippen LogP) is 7.54.